The molecule has 80 valence electrons. The van der Waals surface area contributed by atoms with Crippen LogP contribution in [0.5, 0.6) is 0 Å². The average molecular weight is 244 g/mol. The summed E-state index contributed by atoms with van der Waals surface area (Å²) < 4.78 is 4.83. The van der Waals surface area contributed by atoms with Gasteiger partial charge in [-0.05, 0) is 17.8 Å². The predicted molar refractivity (Wildman–Crippen MR) is 62.3 cm³/mol. The largest absolute Gasteiger partial charge is 0.348 e. The van der Waals surface area contributed by atoms with E-state index < -0.39 is 0 Å². The fourth-order valence-corrected chi connectivity index (χ4v) is 1.28. The summed E-state index contributed by atoms with van der Waals surface area (Å²) in [6.45, 7) is 0.537. The molecule has 0 aliphatic carbocycles. The van der Waals surface area contributed by atoms with Crippen LogP contribution in [0.15, 0.2) is 28.8 Å². The molecule has 1 aromatic heterocycles. The molecule has 2 rings (SSSR count). The lowest BCUT2D eigenvalue weighted by atomic mass is 10.1. The molecule has 0 atom stereocenters. The molecular formula is C9H10ClN3OS. The van der Waals surface area contributed by atoms with Crippen LogP contribution in [0.3, 0.4) is 0 Å². The number of H-pyrrole nitrogens is 1. The van der Waals surface area contributed by atoms with E-state index in [9.17, 15) is 0 Å². The van der Waals surface area contributed by atoms with Gasteiger partial charge in [0.2, 0.25) is 0 Å². The molecule has 0 saturated heterocycles. The van der Waals surface area contributed by atoms with Gasteiger partial charge in [-0.2, -0.15) is 4.98 Å². The molecule has 6 heteroatoms. The highest BCUT2D eigenvalue weighted by Gasteiger charge is 2.01. The lowest BCUT2D eigenvalue weighted by Crippen LogP contribution is -1.95. The second-order valence-corrected chi connectivity index (χ2v) is 3.18. The van der Waals surface area contributed by atoms with Crippen LogP contribution in [-0.4, -0.2) is 10.1 Å². The fourth-order valence-electron chi connectivity index (χ4n) is 1.15. The number of aromatic amines is 1. The maximum Gasteiger partial charge on any atom is 0.314 e. The highest BCUT2D eigenvalue weighted by atomic mass is 35.5. The van der Waals surface area contributed by atoms with Crippen molar-refractivity contribution in [1.29, 1.82) is 0 Å². The Bertz CT molecular complexity index is 477. The first-order valence-electron chi connectivity index (χ1n) is 4.14. The number of halogens is 1. The lowest BCUT2D eigenvalue weighted by molar-refractivity contribution is 0.406. The van der Waals surface area contributed by atoms with Crippen molar-refractivity contribution in [2.24, 2.45) is 5.73 Å². The summed E-state index contributed by atoms with van der Waals surface area (Å²) in [4.78, 5) is 4.21. The van der Waals surface area contributed by atoms with Gasteiger partial charge in [0.25, 0.3) is 0 Å². The number of rotatable bonds is 2. The van der Waals surface area contributed by atoms with E-state index in [1.807, 2.05) is 24.3 Å². The van der Waals surface area contributed by atoms with Gasteiger partial charge in [0.15, 0.2) is 5.82 Å². The summed E-state index contributed by atoms with van der Waals surface area (Å²) in [5.74, 6) is 0.638. The number of aromatic nitrogens is 2. The normalized spacial score (nSPS) is 9.67. The third kappa shape index (κ3) is 2.65. The van der Waals surface area contributed by atoms with E-state index in [1.54, 1.807) is 0 Å². The zero-order chi connectivity index (χ0) is 9.97. The minimum absolute atomic E-state index is 0. The molecule has 1 heterocycles. The van der Waals surface area contributed by atoms with Gasteiger partial charge in [-0.1, -0.05) is 24.3 Å². The van der Waals surface area contributed by atoms with E-state index in [0.717, 1.165) is 11.1 Å². The molecular weight excluding hydrogens is 234 g/mol. The molecule has 1 aromatic carbocycles. The van der Waals surface area contributed by atoms with E-state index in [0.29, 0.717) is 12.4 Å². The van der Waals surface area contributed by atoms with Gasteiger partial charge in [0.05, 0.1) is 0 Å². The monoisotopic (exact) mass is 243 g/mol. The van der Waals surface area contributed by atoms with Crippen molar-refractivity contribution in [2.75, 3.05) is 0 Å². The van der Waals surface area contributed by atoms with Crippen molar-refractivity contribution in [3.63, 3.8) is 0 Å². The Labute approximate surface area is 97.9 Å². The van der Waals surface area contributed by atoms with Gasteiger partial charge in [-0.15, -0.1) is 12.4 Å². The lowest BCUT2D eigenvalue weighted by Gasteiger charge is -1.97. The van der Waals surface area contributed by atoms with Crippen LogP contribution in [0.2, 0.25) is 0 Å². The van der Waals surface area contributed by atoms with Crippen molar-refractivity contribution in [1.82, 2.24) is 10.1 Å². The molecule has 0 saturated carbocycles. The Morgan fingerprint density at radius 1 is 1.33 bits per heavy atom. The minimum atomic E-state index is 0. The van der Waals surface area contributed by atoms with Gasteiger partial charge >= 0.3 is 4.84 Å². The van der Waals surface area contributed by atoms with E-state index in [1.165, 1.54) is 0 Å². The van der Waals surface area contributed by atoms with Gasteiger partial charge in [-0.3, -0.25) is 0 Å². The number of hydrogen-bond acceptors (Lipinski definition) is 4. The minimum Gasteiger partial charge on any atom is -0.348 e. The molecule has 0 amide bonds. The SMILES string of the molecule is Cl.NCc1ccc(-c2nc(=S)o[nH]2)cc1. The molecule has 3 N–H and O–H groups in total. The average Bonchev–Trinajstić information content (AvgIpc) is 2.65. The number of nitrogens with one attached hydrogen (secondary N) is 1. The standard InChI is InChI=1S/C9H9N3OS.ClH/c10-5-6-1-3-7(4-2-6)8-11-9(14)13-12-8;/h1-4H,5,10H2,(H,11,12,14);1H. The van der Waals surface area contributed by atoms with Crippen LogP contribution in [-0.2, 0) is 6.54 Å². The van der Waals surface area contributed by atoms with Crippen LogP contribution in [0.1, 0.15) is 5.56 Å². The molecule has 0 aliphatic rings. The van der Waals surface area contributed by atoms with E-state index in [-0.39, 0.29) is 17.2 Å². The fraction of sp³-hybridized carbons (Fsp3) is 0.111. The zero-order valence-corrected chi connectivity index (χ0v) is 9.40. The maximum atomic E-state index is 5.48. The van der Waals surface area contributed by atoms with Gasteiger partial charge < -0.3 is 10.3 Å². The van der Waals surface area contributed by atoms with Gasteiger partial charge in [-0.25, -0.2) is 5.16 Å². The van der Waals surface area contributed by atoms with Crippen molar-refractivity contribution < 1.29 is 4.52 Å². The molecule has 0 fully saturated rings. The Balaban J connectivity index is 0.00000112. The van der Waals surface area contributed by atoms with Gasteiger partial charge in [0, 0.05) is 12.1 Å². The summed E-state index contributed by atoms with van der Waals surface area (Å²) in [5.41, 5.74) is 7.50. The number of nitrogens with two attached hydrogens (primary N) is 1. The van der Waals surface area contributed by atoms with Crippen molar-refractivity contribution >= 4 is 24.6 Å². The number of nitrogens with zero attached hydrogens (tertiary/aromatic N) is 1. The number of benzene rings is 1. The molecule has 0 spiro atoms. The Morgan fingerprint density at radius 2 is 2.00 bits per heavy atom. The molecule has 0 radical (unpaired) electrons. The molecule has 15 heavy (non-hydrogen) atoms. The van der Waals surface area contributed by atoms with Crippen LogP contribution in [0.25, 0.3) is 11.4 Å². The van der Waals surface area contributed by atoms with Crippen LogP contribution >= 0.6 is 24.6 Å². The summed E-state index contributed by atoms with van der Waals surface area (Å²) in [5, 5.41) is 2.64. The Hall–Kier alpha value is -1.17. The topological polar surface area (TPSA) is 67.8 Å². The molecule has 2 aromatic rings. The predicted octanol–water partition coefficient (Wildman–Crippen LogP) is 2.28. The smallest absolute Gasteiger partial charge is 0.314 e. The van der Waals surface area contributed by atoms with E-state index >= 15 is 0 Å². The maximum absolute atomic E-state index is 5.48. The Kier molecular flexibility index (Phi) is 4.02. The van der Waals surface area contributed by atoms with Crippen molar-refractivity contribution in [2.45, 2.75) is 6.54 Å². The molecule has 0 bridgehead atoms. The quantitative estimate of drug-likeness (QED) is 0.794. The van der Waals surface area contributed by atoms with E-state index in [4.69, 9.17) is 22.5 Å². The molecule has 0 aliphatic heterocycles. The van der Waals surface area contributed by atoms with Crippen LogP contribution in [0, 0.1) is 4.84 Å². The van der Waals surface area contributed by atoms with Crippen molar-refractivity contribution in [3.05, 3.63) is 34.7 Å². The summed E-state index contributed by atoms with van der Waals surface area (Å²) in [7, 11) is 0. The first-order valence-corrected chi connectivity index (χ1v) is 4.55. The van der Waals surface area contributed by atoms with Crippen LogP contribution < -0.4 is 5.73 Å². The third-order valence-electron chi connectivity index (χ3n) is 1.90. The highest BCUT2D eigenvalue weighted by Crippen LogP contribution is 2.15. The first-order chi connectivity index (χ1) is 6.79. The van der Waals surface area contributed by atoms with E-state index in [2.05, 4.69) is 10.1 Å². The Morgan fingerprint density at radius 3 is 2.47 bits per heavy atom. The van der Waals surface area contributed by atoms with Crippen molar-refractivity contribution in [3.8, 4) is 11.4 Å². The zero-order valence-electron chi connectivity index (χ0n) is 7.77. The summed E-state index contributed by atoms with van der Waals surface area (Å²) in [6, 6.07) is 7.73. The number of hydrogen-bond donors (Lipinski definition) is 2. The third-order valence-corrected chi connectivity index (χ3v) is 2.08. The highest BCUT2D eigenvalue weighted by molar-refractivity contribution is 7.71. The summed E-state index contributed by atoms with van der Waals surface area (Å²) in [6.07, 6.45) is 0. The molecule has 0 unspecified atom stereocenters. The second-order valence-electron chi connectivity index (χ2n) is 2.83. The molecule has 4 nitrogen and oxygen atoms in total. The second kappa shape index (κ2) is 5.06. The van der Waals surface area contributed by atoms with Crippen LogP contribution in [0.4, 0.5) is 0 Å². The van der Waals surface area contributed by atoms with Gasteiger partial charge in [0.1, 0.15) is 0 Å². The summed E-state index contributed by atoms with van der Waals surface area (Å²) >= 11 is 4.75. The first kappa shape index (κ1) is 11.9.